The van der Waals surface area contributed by atoms with Crippen molar-refractivity contribution in [2.45, 2.75) is 49.0 Å². The molecule has 0 unspecified atom stereocenters. The summed E-state index contributed by atoms with van der Waals surface area (Å²) in [6.07, 6.45) is 1.27. The molecule has 78 valence electrons. The van der Waals surface area contributed by atoms with E-state index in [0.717, 1.165) is 0 Å². The zero-order chi connectivity index (χ0) is 8.62. The summed E-state index contributed by atoms with van der Waals surface area (Å²) in [6.45, 7) is 9.31. The van der Waals surface area contributed by atoms with Gasteiger partial charge in [-0.3, -0.25) is 4.79 Å². The molecule has 0 atom stereocenters. The second kappa shape index (κ2) is 13.1. The van der Waals surface area contributed by atoms with Crippen molar-refractivity contribution < 1.29 is 9.53 Å². The minimum atomic E-state index is 0. The van der Waals surface area contributed by atoms with Gasteiger partial charge in [-0.05, 0) is 5.41 Å². The highest BCUT2D eigenvalue weighted by Gasteiger charge is 2.03. The number of carbonyl (C=O) groups excluding carboxylic acids is 1. The molecule has 2 heteroatoms. The highest BCUT2D eigenvalue weighted by Crippen LogP contribution is 2.16. The first-order valence-electron chi connectivity index (χ1n) is 3.44. The highest BCUT2D eigenvalue weighted by molar-refractivity contribution is 5.36. The van der Waals surface area contributed by atoms with Crippen LogP contribution in [0.4, 0.5) is 0 Å². The van der Waals surface area contributed by atoms with Gasteiger partial charge in [0.25, 0.3) is 6.47 Å². The normalized spacial score (nSPS) is 7.75. The monoisotopic (exact) mass is 178 g/mol. The number of hydrogen-bond acceptors (Lipinski definition) is 2. The van der Waals surface area contributed by atoms with Crippen LogP contribution >= 0.6 is 0 Å². The summed E-state index contributed by atoms with van der Waals surface area (Å²) < 4.78 is 3.86. The Kier molecular flexibility index (Phi) is 24.6. The second-order valence-electron chi connectivity index (χ2n) is 3.25. The van der Waals surface area contributed by atoms with Crippen molar-refractivity contribution in [2.24, 2.45) is 5.41 Å². The molecule has 0 saturated heterocycles. The molecule has 0 spiro atoms. The fourth-order valence-corrected chi connectivity index (χ4v) is 0. The van der Waals surface area contributed by atoms with Crippen LogP contribution < -0.4 is 0 Å². The SMILES string of the molecule is C.C.CCC(C)(C)C.COC=O. The molecule has 0 heterocycles. The Bertz CT molecular complexity index is 72.4. The standard InChI is InChI=1S/C6H14.C2H4O2.2CH4/c1-5-6(2,3)4;1-4-2-3;;/h5H2,1-4H3;2H,1H3;2*1H4. The van der Waals surface area contributed by atoms with Crippen molar-refractivity contribution in [3.8, 4) is 0 Å². The predicted molar refractivity (Wildman–Crippen MR) is 56.3 cm³/mol. The molecule has 0 aliphatic carbocycles. The van der Waals surface area contributed by atoms with Gasteiger partial charge >= 0.3 is 0 Å². The van der Waals surface area contributed by atoms with E-state index in [1.54, 1.807) is 0 Å². The molecule has 0 saturated carbocycles. The fourth-order valence-electron chi connectivity index (χ4n) is 0. The smallest absolute Gasteiger partial charge is 0.292 e. The molecule has 0 aromatic carbocycles. The van der Waals surface area contributed by atoms with Gasteiger partial charge < -0.3 is 4.74 Å². The van der Waals surface area contributed by atoms with Crippen LogP contribution in [-0.4, -0.2) is 13.6 Å². The third-order valence-corrected chi connectivity index (χ3v) is 1.16. The van der Waals surface area contributed by atoms with Crippen molar-refractivity contribution in [1.29, 1.82) is 0 Å². The second-order valence-corrected chi connectivity index (χ2v) is 3.25. The summed E-state index contributed by atoms with van der Waals surface area (Å²) >= 11 is 0. The topological polar surface area (TPSA) is 26.3 Å². The van der Waals surface area contributed by atoms with Gasteiger partial charge in [0.15, 0.2) is 0 Å². The highest BCUT2D eigenvalue weighted by atomic mass is 16.5. The first kappa shape index (κ1) is 22.5. The zero-order valence-electron chi connectivity index (χ0n) is 7.60. The number of ether oxygens (including phenoxy) is 1. The van der Waals surface area contributed by atoms with Gasteiger partial charge in [0.2, 0.25) is 0 Å². The van der Waals surface area contributed by atoms with Crippen LogP contribution in [-0.2, 0) is 9.53 Å². The molecule has 0 aromatic heterocycles. The predicted octanol–water partition coefficient (Wildman–Crippen LogP) is 3.50. The van der Waals surface area contributed by atoms with Crippen LogP contribution in [0.25, 0.3) is 0 Å². The number of rotatable bonds is 1. The molecule has 0 radical (unpaired) electrons. The van der Waals surface area contributed by atoms with E-state index in [1.807, 2.05) is 0 Å². The summed E-state index contributed by atoms with van der Waals surface area (Å²) in [6, 6.07) is 0. The first-order valence-corrected chi connectivity index (χ1v) is 3.44. The molecule has 0 bridgehead atoms. The maximum absolute atomic E-state index is 8.95. The quantitative estimate of drug-likeness (QED) is 0.574. The van der Waals surface area contributed by atoms with Crippen molar-refractivity contribution in [3.63, 3.8) is 0 Å². The third kappa shape index (κ3) is 56.4. The lowest BCUT2D eigenvalue weighted by molar-refractivity contribution is -0.126. The van der Waals surface area contributed by atoms with Crippen molar-refractivity contribution in [3.05, 3.63) is 0 Å². The van der Waals surface area contributed by atoms with Crippen LogP contribution in [0.3, 0.4) is 0 Å². The van der Waals surface area contributed by atoms with E-state index in [4.69, 9.17) is 4.79 Å². The van der Waals surface area contributed by atoms with E-state index in [2.05, 4.69) is 32.4 Å². The summed E-state index contributed by atoms with van der Waals surface area (Å²) in [5.74, 6) is 0. The zero-order valence-corrected chi connectivity index (χ0v) is 7.60. The Hall–Kier alpha value is -0.530. The molecule has 0 aliphatic heterocycles. The molecule has 0 aliphatic rings. The lowest BCUT2D eigenvalue weighted by Gasteiger charge is -2.12. The molecular weight excluding hydrogens is 152 g/mol. The minimum Gasteiger partial charge on any atom is -0.471 e. The minimum absolute atomic E-state index is 0. The lowest BCUT2D eigenvalue weighted by Crippen LogP contribution is -2.00. The molecule has 12 heavy (non-hydrogen) atoms. The number of methoxy groups -OCH3 is 1. The molecular formula is C10H26O2. The Morgan fingerprint density at radius 3 is 1.42 bits per heavy atom. The van der Waals surface area contributed by atoms with Crippen LogP contribution in [0.5, 0.6) is 0 Å². The van der Waals surface area contributed by atoms with Crippen LogP contribution in [0.1, 0.15) is 49.0 Å². The summed E-state index contributed by atoms with van der Waals surface area (Å²) in [5, 5.41) is 0. The van der Waals surface area contributed by atoms with E-state index < -0.39 is 0 Å². The third-order valence-electron chi connectivity index (χ3n) is 1.16. The van der Waals surface area contributed by atoms with Gasteiger partial charge in [0.05, 0.1) is 7.11 Å². The van der Waals surface area contributed by atoms with E-state index in [9.17, 15) is 0 Å². The van der Waals surface area contributed by atoms with Gasteiger partial charge in [0.1, 0.15) is 0 Å². The van der Waals surface area contributed by atoms with Gasteiger partial charge in [-0.15, -0.1) is 0 Å². The summed E-state index contributed by atoms with van der Waals surface area (Å²) in [7, 11) is 1.31. The molecule has 0 aromatic rings. The number of carbonyl (C=O) groups is 1. The van der Waals surface area contributed by atoms with Gasteiger partial charge in [-0.2, -0.15) is 0 Å². The summed E-state index contributed by atoms with van der Waals surface area (Å²) in [5.41, 5.74) is 0.542. The van der Waals surface area contributed by atoms with E-state index in [0.29, 0.717) is 11.9 Å². The fraction of sp³-hybridized carbons (Fsp3) is 0.900. The molecule has 0 N–H and O–H groups in total. The molecule has 0 fully saturated rings. The van der Waals surface area contributed by atoms with Crippen LogP contribution in [0.2, 0.25) is 0 Å². The average molecular weight is 178 g/mol. The van der Waals surface area contributed by atoms with Crippen molar-refractivity contribution in [2.75, 3.05) is 7.11 Å². The van der Waals surface area contributed by atoms with Gasteiger partial charge in [0, 0.05) is 0 Å². The summed E-state index contributed by atoms with van der Waals surface area (Å²) in [4.78, 5) is 8.95. The molecule has 0 amide bonds. The maximum atomic E-state index is 8.95. The largest absolute Gasteiger partial charge is 0.471 e. The lowest BCUT2D eigenvalue weighted by atomic mass is 9.94. The first-order chi connectivity index (χ1) is 4.47. The number of hydrogen-bond donors (Lipinski definition) is 0. The van der Waals surface area contributed by atoms with E-state index >= 15 is 0 Å². The van der Waals surface area contributed by atoms with E-state index in [1.165, 1.54) is 13.5 Å². The van der Waals surface area contributed by atoms with Crippen molar-refractivity contribution in [1.82, 2.24) is 0 Å². The molecule has 0 rings (SSSR count). The van der Waals surface area contributed by atoms with E-state index in [-0.39, 0.29) is 14.9 Å². The Labute approximate surface area is 78.3 Å². The Morgan fingerprint density at radius 1 is 1.25 bits per heavy atom. The van der Waals surface area contributed by atoms with Crippen LogP contribution in [0.15, 0.2) is 0 Å². The van der Waals surface area contributed by atoms with Gasteiger partial charge in [-0.1, -0.05) is 49.0 Å². The Balaban J connectivity index is -0.0000000483. The van der Waals surface area contributed by atoms with Crippen molar-refractivity contribution >= 4 is 6.47 Å². The molecule has 2 nitrogen and oxygen atoms in total. The average Bonchev–Trinajstić information content (AvgIpc) is 1.87. The maximum Gasteiger partial charge on any atom is 0.292 e. The van der Waals surface area contributed by atoms with Crippen LogP contribution in [0, 0.1) is 5.41 Å². The Morgan fingerprint density at radius 2 is 1.42 bits per heavy atom. The van der Waals surface area contributed by atoms with Gasteiger partial charge in [-0.25, -0.2) is 0 Å².